The topological polar surface area (TPSA) is 86.5 Å². The molecule has 0 unspecified atom stereocenters. The van der Waals surface area contributed by atoms with E-state index in [-0.39, 0.29) is 5.71 Å². The molecule has 0 bridgehead atoms. The van der Waals surface area contributed by atoms with Crippen molar-refractivity contribution in [1.29, 1.82) is 5.26 Å². The van der Waals surface area contributed by atoms with E-state index in [9.17, 15) is 4.79 Å². The lowest BCUT2D eigenvalue weighted by Gasteiger charge is -1.92. The van der Waals surface area contributed by atoms with E-state index in [0.29, 0.717) is 5.56 Å². The van der Waals surface area contributed by atoms with Gasteiger partial charge < -0.3 is 10.3 Å². The molecule has 0 fully saturated rings. The Balaban J connectivity index is 2.87. The van der Waals surface area contributed by atoms with Crippen molar-refractivity contribution in [3.8, 4) is 6.07 Å². The maximum absolute atomic E-state index is 11.1. The second kappa shape index (κ2) is 6.01. The molecule has 17 heavy (non-hydrogen) atoms. The third-order valence-corrected chi connectivity index (χ3v) is 1.98. The van der Waals surface area contributed by atoms with Crippen molar-refractivity contribution in [3.05, 3.63) is 47.0 Å². The number of nitriles is 1. The van der Waals surface area contributed by atoms with Gasteiger partial charge in [0.25, 0.3) is 0 Å². The van der Waals surface area contributed by atoms with E-state index in [4.69, 9.17) is 10.8 Å². The summed E-state index contributed by atoms with van der Waals surface area (Å²) in [6.07, 6.45) is 2.90. The minimum absolute atomic E-state index is 0.197. The van der Waals surface area contributed by atoms with E-state index < -0.39 is 5.97 Å². The van der Waals surface area contributed by atoms with Crippen LogP contribution in [0.25, 0.3) is 11.6 Å². The van der Waals surface area contributed by atoms with Crippen molar-refractivity contribution in [2.24, 2.45) is 0 Å². The van der Waals surface area contributed by atoms with Gasteiger partial charge in [-0.25, -0.2) is 4.79 Å². The fourth-order valence-corrected chi connectivity index (χ4v) is 1.09. The van der Waals surface area contributed by atoms with Crippen molar-refractivity contribution < 1.29 is 14.3 Å². The van der Waals surface area contributed by atoms with Gasteiger partial charge in [-0.1, -0.05) is 12.1 Å². The van der Waals surface area contributed by atoms with Crippen LogP contribution in [0.15, 0.2) is 30.3 Å². The number of methoxy groups -OCH3 is 1. The average Bonchev–Trinajstić information content (AvgIpc) is 2.39. The van der Waals surface area contributed by atoms with Crippen molar-refractivity contribution in [2.75, 3.05) is 7.11 Å². The molecule has 1 aromatic rings. The summed E-state index contributed by atoms with van der Waals surface area (Å²) in [6, 6.07) is 8.71. The minimum Gasteiger partial charge on any atom is -0.460 e. The highest BCUT2D eigenvalue weighted by Gasteiger charge is 2.16. The van der Waals surface area contributed by atoms with Crippen molar-refractivity contribution in [2.45, 2.75) is 0 Å². The average molecular weight is 227 g/mol. The summed E-state index contributed by atoms with van der Waals surface area (Å²) < 4.78 is 4.40. The van der Waals surface area contributed by atoms with Crippen LogP contribution in [0.4, 0.5) is 0 Å². The molecular weight excluding hydrogens is 218 g/mol. The fourth-order valence-electron chi connectivity index (χ4n) is 1.09. The number of rotatable bonds is 3. The summed E-state index contributed by atoms with van der Waals surface area (Å²) in [5.74, 6) is -0.725. The lowest BCUT2D eigenvalue weighted by Crippen LogP contribution is -2.13. The molecule has 0 heterocycles. The van der Waals surface area contributed by atoms with Gasteiger partial charge in [-0.05, 0) is 23.8 Å². The summed E-state index contributed by atoms with van der Waals surface area (Å²) >= 11 is 0. The van der Waals surface area contributed by atoms with Gasteiger partial charge in [-0.15, -0.1) is 0 Å². The first-order valence-electron chi connectivity index (χ1n) is 4.70. The molecule has 0 aromatic heterocycles. The molecule has 0 amide bonds. The Labute approximate surface area is 98.2 Å². The number of benzene rings is 1. The molecule has 5 heteroatoms. The minimum atomic E-state index is -0.725. The maximum Gasteiger partial charge on any atom is 0.421 e. The molecule has 1 aromatic carbocycles. The predicted octanol–water partition coefficient (Wildman–Crippen LogP) is 1.42. The zero-order valence-corrected chi connectivity index (χ0v) is 9.12. The zero-order chi connectivity index (χ0) is 12.7. The van der Waals surface area contributed by atoms with Gasteiger partial charge in [0.2, 0.25) is 0 Å². The number of hydrogen-bond donors (Lipinski definition) is 0. The van der Waals surface area contributed by atoms with E-state index in [2.05, 4.69) is 9.53 Å². The van der Waals surface area contributed by atoms with Crippen LogP contribution >= 0.6 is 0 Å². The summed E-state index contributed by atoms with van der Waals surface area (Å²) in [4.78, 5) is 13.9. The number of ether oxygens (including phenoxy) is 1. The normalized spacial score (nSPS) is 9.41. The zero-order valence-electron chi connectivity index (χ0n) is 9.12. The fraction of sp³-hybridized carbons (Fsp3) is 0.0833. The van der Waals surface area contributed by atoms with Crippen LogP contribution in [-0.4, -0.2) is 23.6 Å². The van der Waals surface area contributed by atoms with Crippen LogP contribution in [0.1, 0.15) is 11.1 Å². The lowest BCUT2D eigenvalue weighted by molar-refractivity contribution is -0.137. The highest BCUT2D eigenvalue weighted by Crippen LogP contribution is 2.05. The largest absolute Gasteiger partial charge is 0.460 e. The quantitative estimate of drug-likeness (QED) is 0.338. The molecular formula is C12H9N3O2. The number of esters is 1. The summed E-state index contributed by atoms with van der Waals surface area (Å²) in [7, 11) is 1.20. The van der Waals surface area contributed by atoms with Gasteiger partial charge in [0.05, 0.1) is 18.7 Å². The Bertz CT molecular complexity index is 532. The number of nitrogens with zero attached hydrogens (tertiary/aromatic N) is 3. The second-order valence-electron chi connectivity index (χ2n) is 3.04. The van der Waals surface area contributed by atoms with Gasteiger partial charge in [0.15, 0.2) is 0 Å². The molecule has 0 saturated heterocycles. The summed E-state index contributed by atoms with van der Waals surface area (Å²) in [5.41, 5.74) is 9.70. The monoisotopic (exact) mass is 227 g/mol. The van der Waals surface area contributed by atoms with E-state index in [1.165, 1.54) is 13.2 Å². The van der Waals surface area contributed by atoms with E-state index >= 15 is 0 Å². The van der Waals surface area contributed by atoms with E-state index in [1.807, 2.05) is 6.07 Å². The van der Waals surface area contributed by atoms with Crippen LogP contribution in [0.5, 0.6) is 0 Å². The Morgan fingerprint density at radius 3 is 2.59 bits per heavy atom. The lowest BCUT2D eigenvalue weighted by atomic mass is 10.1. The molecule has 5 nitrogen and oxygen atoms in total. The molecule has 0 N–H and O–H groups in total. The Morgan fingerprint density at radius 2 is 2.12 bits per heavy atom. The SMILES string of the molecule is COC(=O)C(/C=C/c1ccc(C#N)cc1)=[N+]=[N-]. The summed E-state index contributed by atoms with van der Waals surface area (Å²) in [5, 5.41) is 8.61. The van der Waals surface area contributed by atoms with E-state index in [0.717, 1.165) is 5.56 Å². The molecule has 0 aliphatic carbocycles. The Kier molecular flexibility index (Phi) is 4.37. The molecule has 0 atom stereocenters. The van der Waals surface area contributed by atoms with Crippen molar-refractivity contribution in [1.82, 2.24) is 0 Å². The first-order chi connectivity index (χ1) is 8.21. The van der Waals surface area contributed by atoms with Crippen LogP contribution in [0, 0.1) is 11.3 Å². The smallest absolute Gasteiger partial charge is 0.421 e. The molecule has 0 spiro atoms. The van der Waals surface area contributed by atoms with Gasteiger partial charge >= 0.3 is 11.7 Å². The van der Waals surface area contributed by atoms with Gasteiger partial charge in [0.1, 0.15) is 0 Å². The number of carbonyl (C=O) groups is 1. The second-order valence-corrected chi connectivity index (χ2v) is 3.04. The van der Waals surface area contributed by atoms with Crippen LogP contribution in [0.3, 0.4) is 0 Å². The molecule has 1 rings (SSSR count). The Hall–Kier alpha value is -2.70. The van der Waals surface area contributed by atoms with Crippen LogP contribution in [-0.2, 0) is 9.53 Å². The molecule has 84 valence electrons. The van der Waals surface area contributed by atoms with Gasteiger partial charge in [-0.3, -0.25) is 0 Å². The van der Waals surface area contributed by atoms with Crippen molar-refractivity contribution >= 4 is 17.8 Å². The predicted molar refractivity (Wildman–Crippen MR) is 60.8 cm³/mol. The van der Waals surface area contributed by atoms with E-state index in [1.54, 1.807) is 30.3 Å². The third-order valence-electron chi connectivity index (χ3n) is 1.98. The molecule has 0 aliphatic heterocycles. The standard InChI is InChI=1S/C12H9N3O2/c1-17-12(16)11(15-14)7-6-9-2-4-10(8-13)5-3-9/h2-7H,1H3/b7-6+. The molecule has 0 aliphatic rings. The first kappa shape index (κ1) is 12.4. The number of hydrogen-bond acceptors (Lipinski definition) is 3. The highest BCUT2D eigenvalue weighted by molar-refractivity contribution is 6.39. The number of carbonyl (C=O) groups excluding carboxylic acids is 1. The Morgan fingerprint density at radius 1 is 1.47 bits per heavy atom. The van der Waals surface area contributed by atoms with Crippen LogP contribution < -0.4 is 0 Å². The van der Waals surface area contributed by atoms with Crippen LogP contribution in [0.2, 0.25) is 0 Å². The third kappa shape index (κ3) is 3.42. The highest BCUT2D eigenvalue weighted by atomic mass is 16.5. The maximum atomic E-state index is 11.1. The molecule has 0 radical (unpaired) electrons. The van der Waals surface area contributed by atoms with Gasteiger partial charge in [-0.2, -0.15) is 10.1 Å². The first-order valence-corrected chi connectivity index (χ1v) is 4.70. The molecule has 0 saturated carbocycles. The van der Waals surface area contributed by atoms with Gasteiger partial charge in [0, 0.05) is 6.08 Å². The summed E-state index contributed by atoms with van der Waals surface area (Å²) in [6.45, 7) is 0. The van der Waals surface area contributed by atoms with Crippen molar-refractivity contribution in [3.63, 3.8) is 0 Å².